The lowest BCUT2D eigenvalue weighted by molar-refractivity contribution is -0.145. The molecule has 15 heavy (non-hydrogen) atoms. The third-order valence-corrected chi connectivity index (χ3v) is 4.88. The molecule has 4 rings (SSSR count). The van der Waals surface area contributed by atoms with Gasteiger partial charge in [0.1, 0.15) is 5.72 Å². The van der Waals surface area contributed by atoms with E-state index in [9.17, 15) is 0 Å². The zero-order valence-corrected chi connectivity index (χ0v) is 9.22. The van der Waals surface area contributed by atoms with Crippen molar-refractivity contribution in [3.63, 3.8) is 0 Å². The van der Waals surface area contributed by atoms with Gasteiger partial charge in [-0.05, 0) is 25.7 Å². The predicted molar refractivity (Wildman–Crippen MR) is 57.5 cm³/mol. The molecule has 3 nitrogen and oxygen atoms in total. The fourth-order valence-corrected chi connectivity index (χ4v) is 3.61. The van der Waals surface area contributed by atoms with E-state index < -0.39 is 0 Å². The van der Waals surface area contributed by atoms with Crippen molar-refractivity contribution >= 4 is 0 Å². The first-order valence-electron chi connectivity index (χ1n) is 6.43. The van der Waals surface area contributed by atoms with E-state index in [2.05, 4.69) is 10.6 Å². The standard InChI is InChI=1S/C12H20N2O/c1-2-10-6-12(5-9(1)14-10)13-7-11(3-4-11)8-15-12/h9-10,13-14H,1-8H2. The van der Waals surface area contributed by atoms with Crippen molar-refractivity contribution in [1.82, 2.24) is 10.6 Å². The van der Waals surface area contributed by atoms with Gasteiger partial charge >= 0.3 is 0 Å². The van der Waals surface area contributed by atoms with Crippen LogP contribution >= 0.6 is 0 Å². The van der Waals surface area contributed by atoms with Gasteiger partial charge in [-0.25, -0.2) is 0 Å². The van der Waals surface area contributed by atoms with Gasteiger partial charge in [0, 0.05) is 36.9 Å². The summed E-state index contributed by atoms with van der Waals surface area (Å²) in [5, 5.41) is 7.40. The molecular weight excluding hydrogens is 188 g/mol. The molecule has 1 saturated carbocycles. The maximum atomic E-state index is 6.21. The fourth-order valence-electron chi connectivity index (χ4n) is 3.61. The van der Waals surface area contributed by atoms with E-state index in [1.807, 2.05) is 0 Å². The Hall–Kier alpha value is -0.120. The summed E-state index contributed by atoms with van der Waals surface area (Å²) in [6.07, 6.45) is 7.81. The minimum absolute atomic E-state index is 0.0466. The number of nitrogens with one attached hydrogen (secondary N) is 2. The second-order valence-electron chi connectivity index (χ2n) is 6.18. The first kappa shape index (κ1) is 8.97. The molecule has 3 aliphatic heterocycles. The monoisotopic (exact) mass is 208 g/mol. The van der Waals surface area contributed by atoms with E-state index in [4.69, 9.17) is 4.74 Å². The highest BCUT2D eigenvalue weighted by molar-refractivity contribution is 5.06. The van der Waals surface area contributed by atoms with Crippen molar-refractivity contribution in [3.8, 4) is 0 Å². The molecule has 2 bridgehead atoms. The summed E-state index contributed by atoms with van der Waals surface area (Å²) in [6.45, 7) is 2.21. The number of rotatable bonds is 0. The van der Waals surface area contributed by atoms with Gasteiger partial charge in [-0.15, -0.1) is 0 Å². The quantitative estimate of drug-likeness (QED) is 0.623. The number of fused-ring (bicyclic) bond motifs is 2. The molecule has 4 fully saturated rings. The topological polar surface area (TPSA) is 33.3 Å². The number of hydrogen-bond acceptors (Lipinski definition) is 3. The fraction of sp³-hybridized carbons (Fsp3) is 1.00. The van der Waals surface area contributed by atoms with Crippen molar-refractivity contribution in [2.45, 2.75) is 56.3 Å². The van der Waals surface area contributed by atoms with Gasteiger partial charge in [-0.2, -0.15) is 0 Å². The molecule has 3 heteroatoms. The summed E-state index contributed by atoms with van der Waals surface area (Å²) in [5.74, 6) is 0. The van der Waals surface area contributed by atoms with Gasteiger partial charge in [0.15, 0.2) is 0 Å². The van der Waals surface area contributed by atoms with Gasteiger partial charge in [0.25, 0.3) is 0 Å². The lowest BCUT2D eigenvalue weighted by Crippen LogP contribution is -2.62. The van der Waals surface area contributed by atoms with Crippen LogP contribution in [0.25, 0.3) is 0 Å². The highest BCUT2D eigenvalue weighted by Gasteiger charge is 2.53. The normalized spacial score (nSPS) is 51.2. The van der Waals surface area contributed by atoms with Crippen LogP contribution in [-0.4, -0.2) is 31.0 Å². The molecule has 2 N–H and O–H groups in total. The summed E-state index contributed by atoms with van der Waals surface area (Å²) in [5.41, 5.74) is 0.597. The van der Waals surface area contributed by atoms with E-state index in [1.165, 1.54) is 45.1 Å². The third-order valence-electron chi connectivity index (χ3n) is 4.88. The van der Waals surface area contributed by atoms with Crippen LogP contribution in [0.2, 0.25) is 0 Å². The van der Waals surface area contributed by atoms with Crippen LogP contribution < -0.4 is 10.6 Å². The number of piperidine rings is 1. The van der Waals surface area contributed by atoms with Crippen LogP contribution in [0.1, 0.15) is 38.5 Å². The van der Waals surface area contributed by atoms with Crippen molar-refractivity contribution in [1.29, 1.82) is 0 Å². The van der Waals surface area contributed by atoms with Gasteiger partial charge in [-0.1, -0.05) is 0 Å². The second kappa shape index (κ2) is 2.76. The lowest BCUT2D eigenvalue weighted by atomic mass is 9.92. The van der Waals surface area contributed by atoms with Crippen molar-refractivity contribution in [2.24, 2.45) is 5.41 Å². The van der Waals surface area contributed by atoms with Crippen LogP contribution in [0.15, 0.2) is 0 Å². The van der Waals surface area contributed by atoms with Gasteiger partial charge in [0.2, 0.25) is 0 Å². The van der Waals surface area contributed by atoms with Crippen LogP contribution in [0, 0.1) is 5.41 Å². The zero-order valence-electron chi connectivity index (χ0n) is 9.22. The van der Waals surface area contributed by atoms with Gasteiger partial charge < -0.3 is 10.1 Å². The summed E-state index contributed by atoms with van der Waals surface area (Å²) >= 11 is 0. The molecule has 0 aromatic rings. The van der Waals surface area contributed by atoms with E-state index in [1.54, 1.807) is 0 Å². The van der Waals surface area contributed by atoms with Crippen LogP contribution in [0.5, 0.6) is 0 Å². The smallest absolute Gasteiger partial charge is 0.122 e. The van der Waals surface area contributed by atoms with Crippen molar-refractivity contribution < 1.29 is 4.74 Å². The first-order chi connectivity index (χ1) is 7.28. The van der Waals surface area contributed by atoms with Crippen molar-refractivity contribution in [2.75, 3.05) is 13.2 Å². The Morgan fingerprint density at radius 3 is 2.33 bits per heavy atom. The van der Waals surface area contributed by atoms with E-state index in [0.29, 0.717) is 17.5 Å². The molecular formula is C12H20N2O. The minimum atomic E-state index is 0.0466. The predicted octanol–water partition coefficient (Wildman–Crippen LogP) is 0.997. The molecule has 2 unspecified atom stereocenters. The number of hydrogen-bond donors (Lipinski definition) is 2. The molecule has 3 saturated heterocycles. The Balaban J connectivity index is 1.51. The van der Waals surface area contributed by atoms with Crippen molar-refractivity contribution in [3.05, 3.63) is 0 Å². The highest BCUT2D eigenvalue weighted by atomic mass is 16.5. The molecule has 84 valence electrons. The summed E-state index contributed by atoms with van der Waals surface area (Å²) in [6, 6.07) is 1.43. The molecule has 3 heterocycles. The molecule has 0 amide bonds. The highest BCUT2D eigenvalue weighted by Crippen LogP contribution is 2.50. The first-order valence-corrected chi connectivity index (χ1v) is 6.43. The molecule has 4 aliphatic rings. The third kappa shape index (κ3) is 1.37. The Kier molecular flexibility index (Phi) is 1.65. The van der Waals surface area contributed by atoms with E-state index in [-0.39, 0.29) is 5.72 Å². The molecule has 2 spiro atoms. The Morgan fingerprint density at radius 1 is 1.07 bits per heavy atom. The zero-order chi connectivity index (χ0) is 9.93. The number of ether oxygens (including phenoxy) is 1. The molecule has 0 aromatic heterocycles. The molecule has 2 atom stereocenters. The molecule has 0 radical (unpaired) electrons. The van der Waals surface area contributed by atoms with Gasteiger partial charge in [0.05, 0.1) is 6.61 Å². The van der Waals surface area contributed by atoms with Gasteiger partial charge in [-0.3, -0.25) is 5.32 Å². The Morgan fingerprint density at radius 2 is 1.80 bits per heavy atom. The maximum absolute atomic E-state index is 6.21. The second-order valence-corrected chi connectivity index (χ2v) is 6.18. The van der Waals surface area contributed by atoms with Crippen LogP contribution in [0.4, 0.5) is 0 Å². The molecule has 0 aromatic carbocycles. The van der Waals surface area contributed by atoms with E-state index >= 15 is 0 Å². The summed E-state index contributed by atoms with van der Waals surface area (Å²) in [7, 11) is 0. The summed E-state index contributed by atoms with van der Waals surface area (Å²) in [4.78, 5) is 0. The Bertz CT molecular complexity index is 263. The average molecular weight is 208 g/mol. The SMILES string of the molecule is C1CC2CC3(CC1N2)NCC1(CC1)CO3. The maximum Gasteiger partial charge on any atom is 0.122 e. The Labute approximate surface area is 90.9 Å². The minimum Gasteiger partial charge on any atom is -0.360 e. The van der Waals surface area contributed by atoms with Crippen LogP contribution in [0.3, 0.4) is 0 Å². The summed E-state index contributed by atoms with van der Waals surface area (Å²) < 4.78 is 6.21. The molecule has 1 aliphatic carbocycles. The average Bonchev–Trinajstić information content (AvgIpc) is 2.93. The van der Waals surface area contributed by atoms with Crippen LogP contribution in [-0.2, 0) is 4.74 Å². The largest absolute Gasteiger partial charge is 0.360 e. The van der Waals surface area contributed by atoms with E-state index in [0.717, 1.165) is 6.61 Å². The lowest BCUT2D eigenvalue weighted by Gasteiger charge is -2.46.